The highest BCUT2D eigenvalue weighted by molar-refractivity contribution is 5.92. The number of carbonyl (C=O) groups is 2. The van der Waals surface area contributed by atoms with Crippen molar-refractivity contribution in [2.24, 2.45) is 0 Å². The van der Waals surface area contributed by atoms with Crippen LogP contribution in [0.3, 0.4) is 0 Å². The van der Waals surface area contributed by atoms with E-state index >= 15 is 0 Å². The van der Waals surface area contributed by atoms with Gasteiger partial charge in [0.25, 0.3) is 0 Å². The number of esters is 2. The molecule has 2 aromatic carbocycles. The summed E-state index contributed by atoms with van der Waals surface area (Å²) in [7, 11) is 0. The lowest BCUT2D eigenvalue weighted by atomic mass is 10.1. The van der Waals surface area contributed by atoms with Gasteiger partial charge in [0.15, 0.2) is 0 Å². The van der Waals surface area contributed by atoms with Crippen molar-refractivity contribution in [3.63, 3.8) is 0 Å². The molecule has 45 heavy (non-hydrogen) atoms. The summed E-state index contributed by atoms with van der Waals surface area (Å²) in [5, 5.41) is 0. The molecule has 0 aliphatic rings. The third-order valence-electron chi connectivity index (χ3n) is 7.57. The fraction of sp³-hybridized carbons (Fsp3) is 0.579. The van der Waals surface area contributed by atoms with Gasteiger partial charge in [-0.05, 0) is 74.2 Å². The number of ether oxygens (including phenoxy) is 4. The van der Waals surface area contributed by atoms with E-state index in [9.17, 15) is 14.0 Å². The predicted molar refractivity (Wildman–Crippen MR) is 179 cm³/mol. The van der Waals surface area contributed by atoms with Gasteiger partial charge in [-0.15, -0.1) is 6.58 Å². The van der Waals surface area contributed by atoms with E-state index in [1.807, 2.05) is 13.0 Å². The molecule has 7 heteroatoms. The molecule has 0 saturated carbocycles. The number of rotatable bonds is 27. The van der Waals surface area contributed by atoms with Crippen LogP contribution in [0.1, 0.15) is 130 Å². The normalized spacial score (nSPS) is 11.6. The topological polar surface area (TPSA) is 71.1 Å². The minimum Gasteiger partial charge on any atom is -0.494 e. The zero-order valence-corrected chi connectivity index (χ0v) is 27.5. The molecule has 0 aliphatic carbocycles. The van der Waals surface area contributed by atoms with Crippen molar-refractivity contribution in [1.82, 2.24) is 0 Å². The van der Waals surface area contributed by atoms with Crippen molar-refractivity contribution in [2.45, 2.75) is 116 Å². The average molecular weight is 627 g/mol. The van der Waals surface area contributed by atoms with Crippen molar-refractivity contribution in [1.29, 1.82) is 0 Å². The van der Waals surface area contributed by atoms with Crippen LogP contribution >= 0.6 is 0 Å². The van der Waals surface area contributed by atoms with Gasteiger partial charge >= 0.3 is 11.9 Å². The van der Waals surface area contributed by atoms with Crippen LogP contribution in [-0.2, 0) is 9.47 Å². The second-order valence-corrected chi connectivity index (χ2v) is 11.6. The summed E-state index contributed by atoms with van der Waals surface area (Å²) in [6, 6.07) is 12.9. The minimum atomic E-state index is -1.16. The van der Waals surface area contributed by atoms with Gasteiger partial charge in [0.2, 0.25) is 0 Å². The van der Waals surface area contributed by atoms with E-state index in [4.69, 9.17) is 18.9 Å². The summed E-state index contributed by atoms with van der Waals surface area (Å²) < 4.78 is 35.6. The Morgan fingerprint density at radius 2 is 1.20 bits per heavy atom. The molecule has 0 heterocycles. The van der Waals surface area contributed by atoms with E-state index in [1.165, 1.54) is 88.5 Å². The van der Waals surface area contributed by atoms with Gasteiger partial charge in [0, 0.05) is 13.2 Å². The smallest absolute Gasteiger partial charge is 0.343 e. The van der Waals surface area contributed by atoms with E-state index in [2.05, 4.69) is 6.58 Å². The van der Waals surface area contributed by atoms with Crippen molar-refractivity contribution >= 4 is 11.9 Å². The van der Waals surface area contributed by atoms with E-state index in [-0.39, 0.29) is 12.2 Å². The highest BCUT2D eigenvalue weighted by Crippen LogP contribution is 2.18. The highest BCUT2D eigenvalue weighted by atomic mass is 19.1. The Balaban J connectivity index is 1.49. The molecule has 0 amide bonds. The SMILES string of the molecule is C=CCCOCCCCCCCCCCCCCCOc1ccc(C(=O)Oc2ccc(C(=O)OCC(F)CCCC)cc2)cc1. The first-order valence-corrected chi connectivity index (χ1v) is 17.1. The molecule has 0 saturated heterocycles. The summed E-state index contributed by atoms with van der Waals surface area (Å²) in [5.41, 5.74) is 0.671. The second-order valence-electron chi connectivity index (χ2n) is 11.6. The van der Waals surface area contributed by atoms with Crippen LogP contribution < -0.4 is 9.47 Å². The molecule has 0 N–H and O–H groups in total. The van der Waals surface area contributed by atoms with Crippen LogP contribution in [0.5, 0.6) is 11.5 Å². The maximum Gasteiger partial charge on any atom is 0.343 e. The standard InChI is InChI=1S/C38H55FO6/c1-3-5-19-34(39)31-44-37(40)32-22-26-36(27-23-32)45-38(41)33-20-24-35(25-21-33)43-30-18-16-14-12-10-8-7-9-11-13-15-17-29-42-28-6-4-2/h4,20-27,34H,2-3,5-19,28-31H2,1H3. The number of alkyl halides is 1. The Kier molecular flexibility index (Phi) is 21.2. The third-order valence-corrected chi connectivity index (χ3v) is 7.57. The van der Waals surface area contributed by atoms with Crippen molar-refractivity contribution in [3.05, 3.63) is 72.3 Å². The average Bonchev–Trinajstić information content (AvgIpc) is 3.06. The first kappa shape index (κ1) is 38.0. The molecule has 0 bridgehead atoms. The molecule has 0 aromatic heterocycles. The number of halogens is 1. The van der Waals surface area contributed by atoms with E-state index in [1.54, 1.807) is 24.3 Å². The van der Waals surface area contributed by atoms with Gasteiger partial charge < -0.3 is 18.9 Å². The van der Waals surface area contributed by atoms with E-state index in [0.717, 1.165) is 51.1 Å². The van der Waals surface area contributed by atoms with Crippen LogP contribution in [0.2, 0.25) is 0 Å². The van der Waals surface area contributed by atoms with Crippen LogP contribution in [0.25, 0.3) is 0 Å². The number of unbranched alkanes of at least 4 members (excludes halogenated alkanes) is 12. The molecular formula is C38H55FO6. The zero-order valence-electron chi connectivity index (χ0n) is 27.5. The predicted octanol–water partition coefficient (Wildman–Crippen LogP) is 10.2. The maximum absolute atomic E-state index is 13.7. The number of hydrogen-bond acceptors (Lipinski definition) is 6. The quantitative estimate of drug-likeness (QED) is 0.0425. The Morgan fingerprint density at radius 1 is 0.689 bits per heavy atom. The highest BCUT2D eigenvalue weighted by Gasteiger charge is 2.14. The molecule has 0 fully saturated rings. The summed E-state index contributed by atoms with van der Waals surface area (Å²) in [6.45, 7) is 7.77. The van der Waals surface area contributed by atoms with Crippen molar-refractivity contribution < 1.29 is 32.9 Å². The Morgan fingerprint density at radius 3 is 1.76 bits per heavy atom. The minimum absolute atomic E-state index is 0.259. The monoisotopic (exact) mass is 626 g/mol. The van der Waals surface area contributed by atoms with E-state index in [0.29, 0.717) is 24.3 Å². The molecule has 6 nitrogen and oxygen atoms in total. The fourth-order valence-electron chi connectivity index (χ4n) is 4.80. The van der Waals surface area contributed by atoms with Gasteiger partial charge in [-0.2, -0.15) is 0 Å². The number of carbonyl (C=O) groups excluding carboxylic acids is 2. The van der Waals surface area contributed by atoms with Gasteiger partial charge in [0.1, 0.15) is 24.3 Å². The lowest BCUT2D eigenvalue weighted by Crippen LogP contribution is -2.15. The second kappa shape index (κ2) is 25.1. The Hall–Kier alpha value is -3.19. The molecule has 250 valence electrons. The summed E-state index contributed by atoms with van der Waals surface area (Å²) in [6.07, 6.45) is 18.8. The lowest BCUT2D eigenvalue weighted by Gasteiger charge is -2.10. The maximum atomic E-state index is 13.7. The van der Waals surface area contributed by atoms with Crippen LogP contribution in [0.15, 0.2) is 61.2 Å². The largest absolute Gasteiger partial charge is 0.494 e. The molecular weight excluding hydrogens is 571 g/mol. The van der Waals surface area contributed by atoms with Crippen LogP contribution in [0.4, 0.5) is 4.39 Å². The van der Waals surface area contributed by atoms with Crippen LogP contribution in [0, 0.1) is 0 Å². The van der Waals surface area contributed by atoms with Crippen molar-refractivity contribution in [2.75, 3.05) is 26.4 Å². The van der Waals surface area contributed by atoms with Crippen LogP contribution in [-0.4, -0.2) is 44.5 Å². The molecule has 2 aromatic rings. The first-order valence-electron chi connectivity index (χ1n) is 17.1. The number of benzene rings is 2. The zero-order chi connectivity index (χ0) is 32.4. The molecule has 2 rings (SSSR count). The molecule has 1 unspecified atom stereocenters. The first-order chi connectivity index (χ1) is 22.0. The van der Waals surface area contributed by atoms with Crippen molar-refractivity contribution in [3.8, 4) is 11.5 Å². The third kappa shape index (κ3) is 18.4. The lowest BCUT2D eigenvalue weighted by molar-refractivity contribution is 0.0389. The van der Waals surface area contributed by atoms with Gasteiger partial charge in [-0.1, -0.05) is 90.0 Å². The Labute approximate surface area is 270 Å². The molecule has 0 radical (unpaired) electrons. The molecule has 0 aliphatic heterocycles. The fourth-order valence-corrected chi connectivity index (χ4v) is 4.80. The van der Waals surface area contributed by atoms with Gasteiger partial charge in [-0.25, -0.2) is 14.0 Å². The summed E-state index contributed by atoms with van der Waals surface area (Å²) in [4.78, 5) is 24.7. The van der Waals surface area contributed by atoms with Gasteiger partial charge in [-0.3, -0.25) is 0 Å². The summed E-state index contributed by atoms with van der Waals surface area (Å²) >= 11 is 0. The number of hydrogen-bond donors (Lipinski definition) is 0. The summed E-state index contributed by atoms with van der Waals surface area (Å²) in [5.74, 6) is -0.0862. The molecule has 1 atom stereocenters. The van der Waals surface area contributed by atoms with E-state index < -0.39 is 18.1 Å². The Bertz CT molecular complexity index is 1050. The molecule has 0 spiro atoms. The van der Waals surface area contributed by atoms with Gasteiger partial charge in [0.05, 0.1) is 17.7 Å².